The SMILES string of the molecule is C=CCC1(NC(=O)OCc2ccccc2)CCN[C@@H](c2ccc(F)cc2C)C1. The molecule has 5 heteroatoms. The summed E-state index contributed by atoms with van der Waals surface area (Å²) in [5, 5.41) is 6.58. The van der Waals surface area contributed by atoms with E-state index >= 15 is 0 Å². The molecule has 0 radical (unpaired) electrons. The summed E-state index contributed by atoms with van der Waals surface area (Å²) < 4.78 is 18.9. The van der Waals surface area contributed by atoms with Crippen molar-refractivity contribution in [2.24, 2.45) is 0 Å². The van der Waals surface area contributed by atoms with Crippen molar-refractivity contribution >= 4 is 6.09 Å². The summed E-state index contributed by atoms with van der Waals surface area (Å²) in [5.74, 6) is -0.239. The van der Waals surface area contributed by atoms with Gasteiger partial charge >= 0.3 is 6.09 Å². The smallest absolute Gasteiger partial charge is 0.407 e. The van der Waals surface area contributed by atoms with E-state index in [1.165, 1.54) is 6.07 Å². The van der Waals surface area contributed by atoms with Gasteiger partial charge in [0.25, 0.3) is 0 Å². The van der Waals surface area contributed by atoms with Crippen molar-refractivity contribution in [1.82, 2.24) is 10.6 Å². The summed E-state index contributed by atoms with van der Waals surface area (Å²) in [5.41, 5.74) is 2.46. The van der Waals surface area contributed by atoms with Crippen LogP contribution in [0.5, 0.6) is 0 Å². The van der Waals surface area contributed by atoms with Crippen molar-refractivity contribution in [3.63, 3.8) is 0 Å². The highest BCUT2D eigenvalue weighted by Gasteiger charge is 2.38. The number of halogens is 1. The number of benzene rings is 2. The first kappa shape index (κ1) is 20.1. The third-order valence-electron chi connectivity index (χ3n) is 5.31. The van der Waals surface area contributed by atoms with Gasteiger partial charge in [-0.3, -0.25) is 0 Å². The van der Waals surface area contributed by atoms with Crippen molar-refractivity contribution in [2.45, 2.75) is 44.4 Å². The number of amides is 1. The molecule has 4 nitrogen and oxygen atoms in total. The maximum absolute atomic E-state index is 13.5. The Balaban J connectivity index is 1.69. The van der Waals surface area contributed by atoms with Crippen LogP contribution in [0.3, 0.4) is 0 Å². The topological polar surface area (TPSA) is 50.4 Å². The summed E-state index contributed by atoms with van der Waals surface area (Å²) in [7, 11) is 0. The van der Waals surface area contributed by atoms with Crippen LogP contribution in [0.15, 0.2) is 61.2 Å². The fourth-order valence-electron chi connectivity index (χ4n) is 3.90. The van der Waals surface area contributed by atoms with E-state index in [9.17, 15) is 9.18 Å². The minimum atomic E-state index is -0.438. The third kappa shape index (κ3) is 4.98. The number of ether oxygens (including phenoxy) is 1. The van der Waals surface area contributed by atoms with Crippen LogP contribution in [-0.2, 0) is 11.3 Å². The largest absolute Gasteiger partial charge is 0.445 e. The molecule has 0 aromatic heterocycles. The van der Waals surface area contributed by atoms with Crippen LogP contribution < -0.4 is 10.6 Å². The van der Waals surface area contributed by atoms with Crippen molar-refractivity contribution < 1.29 is 13.9 Å². The Morgan fingerprint density at radius 3 is 2.86 bits per heavy atom. The lowest BCUT2D eigenvalue weighted by Gasteiger charge is -2.42. The molecule has 1 heterocycles. The Hall–Kier alpha value is -2.66. The van der Waals surface area contributed by atoms with E-state index in [-0.39, 0.29) is 18.5 Å². The third-order valence-corrected chi connectivity index (χ3v) is 5.31. The molecule has 1 unspecified atom stereocenters. The van der Waals surface area contributed by atoms with Crippen LogP contribution in [0.2, 0.25) is 0 Å². The Labute approximate surface area is 165 Å². The molecule has 2 aromatic carbocycles. The van der Waals surface area contributed by atoms with Gasteiger partial charge in [0.2, 0.25) is 0 Å². The fraction of sp³-hybridized carbons (Fsp3) is 0.348. The van der Waals surface area contributed by atoms with Crippen molar-refractivity contribution in [3.8, 4) is 0 Å². The van der Waals surface area contributed by atoms with Crippen LogP contribution in [0.25, 0.3) is 0 Å². The average molecular weight is 382 g/mol. The van der Waals surface area contributed by atoms with Crippen LogP contribution >= 0.6 is 0 Å². The minimum absolute atomic E-state index is 0.0312. The van der Waals surface area contributed by atoms with Gasteiger partial charge in [-0.25, -0.2) is 9.18 Å². The molecular weight excluding hydrogens is 355 g/mol. The fourth-order valence-corrected chi connectivity index (χ4v) is 3.90. The Morgan fingerprint density at radius 1 is 1.36 bits per heavy atom. The van der Waals surface area contributed by atoms with Crippen molar-refractivity contribution in [1.29, 1.82) is 0 Å². The predicted molar refractivity (Wildman–Crippen MR) is 108 cm³/mol. The van der Waals surface area contributed by atoms with Crippen LogP contribution in [0.4, 0.5) is 9.18 Å². The van der Waals surface area contributed by atoms with Gasteiger partial charge in [-0.2, -0.15) is 0 Å². The first-order valence-electron chi connectivity index (χ1n) is 9.60. The molecule has 2 atom stereocenters. The highest BCUT2D eigenvalue weighted by atomic mass is 19.1. The molecule has 2 N–H and O–H groups in total. The second kappa shape index (κ2) is 9.02. The number of piperidine rings is 1. The first-order chi connectivity index (χ1) is 13.5. The average Bonchev–Trinajstić information content (AvgIpc) is 2.67. The van der Waals surface area contributed by atoms with Gasteiger partial charge in [0.15, 0.2) is 0 Å². The molecule has 0 saturated carbocycles. The van der Waals surface area contributed by atoms with E-state index in [1.807, 2.05) is 49.4 Å². The van der Waals surface area contributed by atoms with E-state index in [0.717, 1.165) is 29.7 Å². The number of rotatable bonds is 6. The minimum Gasteiger partial charge on any atom is -0.445 e. The summed E-state index contributed by atoms with van der Waals surface area (Å²) >= 11 is 0. The lowest BCUT2D eigenvalue weighted by atomic mass is 9.79. The maximum atomic E-state index is 13.5. The normalized spacial score (nSPS) is 21.7. The summed E-state index contributed by atoms with van der Waals surface area (Å²) in [6.07, 6.45) is 3.51. The first-order valence-corrected chi connectivity index (χ1v) is 9.60. The zero-order valence-corrected chi connectivity index (χ0v) is 16.2. The van der Waals surface area contributed by atoms with Gasteiger partial charge in [-0.1, -0.05) is 42.5 Å². The number of hydrogen-bond donors (Lipinski definition) is 2. The van der Waals surface area contributed by atoms with Gasteiger partial charge < -0.3 is 15.4 Å². The Bertz CT molecular complexity index is 825. The number of carbonyl (C=O) groups is 1. The second-order valence-electron chi connectivity index (χ2n) is 7.42. The summed E-state index contributed by atoms with van der Waals surface area (Å²) in [6, 6.07) is 14.5. The van der Waals surface area contributed by atoms with Crippen molar-refractivity contribution in [3.05, 3.63) is 83.7 Å². The molecular formula is C23H27FN2O2. The van der Waals surface area contributed by atoms with E-state index < -0.39 is 11.6 Å². The van der Waals surface area contributed by atoms with E-state index in [1.54, 1.807) is 6.07 Å². The standard InChI is InChI=1S/C23H27FN2O2/c1-3-11-23(26-22(27)28-16-18-7-5-4-6-8-18)12-13-25-21(15-23)20-10-9-19(24)14-17(20)2/h3-10,14,21,25H,1,11-13,15-16H2,2H3,(H,26,27)/t21-,23?/m1/s1. The molecule has 0 aliphatic carbocycles. The van der Waals surface area contributed by atoms with Gasteiger partial charge in [0.05, 0.1) is 0 Å². The summed E-state index contributed by atoms with van der Waals surface area (Å²) in [4.78, 5) is 12.5. The number of nitrogens with one attached hydrogen (secondary N) is 2. The molecule has 1 aliphatic heterocycles. The summed E-state index contributed by atoms with van der Waals surface area (Å²) in [6.45, 7) is 6.75. The van der Waals surface area contributed by atoms with Gasteiger partial charge in [-0.15, -0.1) is 6.58 Å². The van der Waals surface area contributed by atoms with E-state index in [2.05, 4.69) is 17.2 Å². The molecule has 1 saturated heterocycles. The number of carbonyl (C=O) groups excluding carboxylic acids is 1. The second-order valence-corrected chi connectivity index (χ2v) is 7.42. The molecule has 1 fully saturated rings. The van der Waals surface area contributed by atoms with Crippen LogP contribution in [0.1, 0.15) is 42.0 Å². The number of aryl methyl sites for hydroxylation is 1. The predicted octanol–water partition coefficient (Wildman–Crippen LogP) is 4.80. The maximum Gasteiger partial charge on any atom is 0.407 e. The molecule has 148 valence electrons. The molecule has 1 amide bonds. The quantitative estimate of drug-likeness (QED) is 0.706. The van der Waals surface area contributed by atoms with Crippen LogP contribution in [-0.4, -0.2) is 18.2 Å². The molecule has 3 rings (SSSR count). The van der Waals surface area contributed by atoms with E-state index in [0.29, 0.717) is 12.8 Å². The Morgan fingerprint density at radius 2 is 2.14 bits per heavy atom. The zero-order chi connectivity index (χ0) is 20.0. The molecule has 2 aromatic rings. The lowest BCUT2D eigenvalue weighted by molar-refractivity contribution is 0.114. The zero-order valence-electron chi connectivity index (χ0n) is 16.2. The number of alkyl carbamates (subject to hydrolysis) is 1. The molecule has 1 aliphatic rings. The van der Waals surface area contributed by atoms with Crippen molar-refractivity contribution in [2.75, 3.05) is 6.54 Å². The van der Waals surface area contributed by atoms with Gasteiger partial charge in [-0.05, 0) is 61.6 Å². The lowest BCUT2D eigenvalue weighted by Crippen LogP contribution is -2.55. The molecule has 0 bridgehead atoms. The monoisotopic (exact) mass is 382 g/mol. The molecule has 28 heavy (non-hydrogen) atoms. The number of hydrogen-bond acceptors (Lipinski definition) is 3. The highest BCUT2D eigenvalue weighted by Crippen LogP contribution is 2.34. The highest BCUT2D eigenvalue weighted by molar-refractivity contribution is 5.68. The van der Waals surface area contributed by atoms with Gasteiger partial charge in [0.1, 0.15) is 12.4 Å². The van der Waals surface area contributed by atoms with E-state index in [4.69, 9.17) is 4.74 Å². The van der Waals surface area contributed by atoms with Crippen LogP contribution in [0, 0.1) is 12.7 Å². The Kier molecular flexibility index (Phi) is 6.47. The molecule has 0 spiro atoms. The van der Waals surface area contributed by atoms with Gasteiger partial charge in [0, 0.05) is 11.6 Å².